The van der Waals surface area contributed by atoms with Gasteiger partial charge in [-0.2, -0.15) is 0 Å². The van der Waals surface area contributed by atoms with Crippen LogP contribution in [0.2, 0.25) is 0 Å². The van der Waals surface area contributed by atoms with Crippen molar-refractivity contribution in [2.24, 2.45) is 0 Å². The fourth-order valence-electron chi connectivity index (χ4n) is 2.91. The topological polar surface area (TPSA) is 62.7 Å². The number of ether oxygens (including phenoxy) is 1. The van der Waals surface area contributed by atoms with Crippen LogP contribution in [0, 0.1) is 0 Å². The molecule has 1 saturated heterocycles. The van der Waals surface area contributed by atoms with Crippen molar-refractivity contribution in [3.05, 3.63) is 18.2 Å². The highest BCUT2D eigenvalue weighted by Crippen LogP contribution is 2.35. The number of methoxy groups -OCH3 is 1. The van der Waals surface area contributed by atoms with E-state index >= 15 is 0 Å². The van der Waals surface area contributed by atoms with Gasteiger partial charge in [0.2, 0.25) is 10.0 Å². The first-order chi connectivity index (χ1) is 10.9. The Labute approximate surface area is 140 Å². The largest absolute Gasteiger partial charge is 0.494 e. The van der Waals surface area contributed by atoms with Gasteiger partial charge < -0.3 is 9.64 Å². The highest BCUT2D eigenvalue weighted by molar-refractivity contribution is 7.88. The minimum absolute atomic E-state index is 0.00680. The lowest BCUT2D eigenvalue weighted by molar-refractivity contribution is 0.322. The summed E-state index contributed by atoms with van der Waals surface area (Å²) in [7, 11) is 0.129. The van der Waals surface area contributed by atoms with Crippen LogP contribution in [-0.2, 0) is 10.0 Å². The van der Waals surface area contributed by atoms with Crippen LogP contribution in [0.4, 0.5) is 5.13 Å². The average Bonchev–Trinajstić information content (AvgIpc) is 2.97. The van der Waals surface area contributed by atoms with E-state index in [1.165, 1.54) is 10.6 Å². The minimum atomic E-state index is -3.17. The maximum Gasteiger partial charge on any atom is 0.211 e. The number of likely N-dealkylation sites (N-methyl/N-ethyl adjacent to an activating group) is 1. The maximum atomic E-state index is 11.8. The second-order valence-electron chi connectivity index (χ2n) is 5.82. The molecule has 0 saturated carbocycles. The Morgan fingerprint density at radius 1 is 1.43 bits per heavy atom. The molecule has 1 aliphatic rings. The van der Waals surface area contributed by atoms with Crippen LogP contribution in [0.3, 0.4) is 0 Å². The molecular formula is C15H21N3O3S2. The molecule has 1 aliphatic heterocycles. The number of thiazole rings is 1. The molecule has 0 spiro atoms. The summed E-state index contributed by atoms with van der Waals surface area (Å²) in [5, 5.41) is 0.927. The Morgan fingerprint density at radius 3 is 2.91 bits per heavy atom. The molecule has 1 fully saturated rings. The van der Waals surface area contributed by atoms with Crippen LogP contribution >= 0.6 is 11.3 Å². The number of rotatable bonds is 4. The first-order valence-electron chi connectivity index (χ1n) is 7.51. The first kappa shape index (κ1) is 16.5. The van der Waals surface area contributed by atoms with E-state index in [2.05, 4.69) is 4.90 Å². The van der Waals surface area contributed by atoms with E-state index < -0.39 is 10.0 Å². The normalized spacial score (nSPS) is 19.5. The molecule has 1 aromatic heterocycles. The molecule has 0 bridgehead atoms. The number of hydrogen-bond donors (Lipinski definition) is 0. The monoisotopic (exact) mass is 355 g/mol. The van der Waals surface area contributed by atoms with E-state index in [0.29, 0.717) is 6.54 Å². The second kappa shape index (κ2) is 6.26. The van der Waals surface area contributed by atoms with Gasteiger partial charge in [-0.05, 0) is 25.0 Å². The summed E-state index contributed by atoms with van der Waals surface area (Å²) in [6.45, 7) is 1.57. The molecule has 0 aliphatic carbocycles. The lowest BCUT2D eigenvalue weighted by Crippen LogP contribution is -2.48. The molecule has 2 heterocycles. The lowest BCUT2D eigenvalue weighted by Gasteiger charge is -2.36. The number of hydrogen-bond acceptors (Lipinski definition) is 6. The van der Waals surface area contributed by atoms with Gasteiger partial charge >= 0.3 is 0 Å². The van der Waals surface area contributed by atoms with E-state index in [1.807, 2.05) is 18.2 Å². The van der Waals surface area contributed by atoms with Gasteiger partial charge in [-0.1, -0.05) is 17.4 Å². The van der Waals surface area contributed by atoms with E-state index in [0.717, 1.165) is 40.5 Å². The summed E-state index contributed by atoms with van der Waals surface area (Å²) >= 11 is 1.62. The standard InChI is InChI=1S/C15H21N3O3S2/c1-17(23(3,19)20)11-6-5-9-18(10-11)15-16-14-12(21-2)7-4-8-13(14)22-15/h4,7-8,11H,5-6,9-10H2,1-3H3. The SMILES string of the molecule is COc1cccc2sc(N3CCCC(N(C)S(C)(=O)=O)C3)nc12. The van der Waals surface area contributed by atoms with Crippen molar-refractivity contribution in [1.29, 1.82) is 0 Å². The third-order valence-electron chi connectivity index (χ3n) is 4.29. The summed E-state index contributed by atoms with van der Waals surface area (Å²) < 4.78 is 31.5. The number of benzene rings is 1. The molecule has 0 N–H and O–H groups in total. The van der Waals surface area contributed by atoms with Crippen LogP contribution in [-0.4, -0.2) is 57.3 Å². The molecule has 0 amide bonds. The van der Waals surface area contributed by atoms with Gasteiger partial charge in [0.25, 0.3) is 0 Å². The zero-order valence-electron chi connectivity index (χ0n) is 13.5. The van der Waals surface area contributed by atoms with Crippen LogP contribution in [0.25, 0.3) is 10.2 Å². The van der Waals surface area contributed by atoms with E-state index in [4.69, 9.17) is 9.72 Å². The van der Waals surface area contributed by atoms with E-state index in [1.54, 1.807) is 25.5 Å². The highest BCUT2D eigenvalue weighted by Gasteiger charge is 2.29. The fraction of sp³-hybridized carbons (Fsp3) is 0.533. The number of anilines is 1. The number of aromatic nitrogens is 1. The molecule has 1 aromatic carbocycles. The Morgan fingerprint density at radius 2 is 2.22 bits per heavy atom. The smallest absolute Gasteiger partial charge is 0.211 e. The van der Waals surface area contributed by atoms with E-state index in [9.17, 15) is 8.42 Å². The molecular weight excluding hydrogens is 334 g/mol. The van der Waals surface area contributed by atoms with Crippen molar-refractivity contribution in [1.82, 2.24) is 9.29 Å². The summed E-state index contributed by atoms with van der Waals surface area (Å²) in [5.74, 6) is 0.770. The Hall–Kier alpha value is -1.38. The molecule has 0 radical (unpaired) electrons. The zero-order chi connectivity index (χ0) is 16.6. The molecule has 8 heteroatoms. The number of piperidine rings is 1. The Kier molecular flexibility index (Phi) is 4.48. The van der Waals surface area contributed by atoms with Crippen LogP contribution < -0.4 is 9.64 Å². The Balaban J connectivity index is 1.87. The molecule has 1 atom stereocenters. The number of fused-ring (bicyclic) bond motifs is 1. The number of para-hydroxylation sites is 1. The molecule has 23 heavy (non-hydrogen) atoms. The minimum Gasteiger partial charge on any atom is -0.494 e. The number of sulfonamides is 1. The average molecular weight is 355 g/mol. The van der Waals surface area contributed by atoms with Gasteiger partial charge in [0.1, 0.15) is 11.3 Å². The zero-order valence-corrected chi connectivity index (χ0v) is 15.2. The van der Waals surface area contributed by atoms with Crippen molar-refractivity contribution in [3.63, 3.8) is 0 Å². The van der Waals surface area contributed by atoms with Crippen molar-refractivity contribution in [2.45, 2.75) is 18.9 Å². The summed E-state index contributed by atoms with van der Waals surface area (Å²) in [4.78, 5) is 6.90. The van der Waals surface area contributed by atoms with Crippen molar-refractivity contribution >= 4 is 36.7 Å². The highest BCUT2D eigenvalue weighted by atomic mass is 32.2. The molecule has 3 rings (SSSR count). The van der Waals surface area contributed by atoms with Gasteiger partial charge in [-0.25, -0.2) is 17.7 Å². The van der Waals surface area contributed by atoms with Gasteiger partial charge in [-0.15, -0.1) is 0 Å². The molecule has 2 aromatic rings. The second-order valence-corrected chi connectivity index (χ2v) is 8.88. The van der Waals surface area contributed by atoms with Crippen molar-refractivity contribution < 1.29 is 13.2 Å². The summed E-state index contributed by atoms with van der Waals surface area (Å²) in [6.07, 6.45) is 3.10. The Bertz CT molecular complexity index is 803. The number of nitrogens with zero attached hydrogens (tertiary/aromatic N) is 3. The third-order valence-corrected chi connectivity index (χ3v) is 6.72. The van der Waals surface area contributed by atoms with Gasteiger partial charge in [0.05, 0.1) is 18.1 Å². The van der Waals surface area contributed by atoms with Crippen LogP contribution in [0.1, 0.15) is 12.8 Å². The maximum absolute atomic E-state index is 11.8. The molecule has 6 nitrogen and oxygen atoms in total. The first-order valence-corrected chi connectivity index (χ1v) is 10.2. The summed E-state index contributed by atoms with van der Waals surface area (Å²) in [6, 6.07) is 5.89. The predicted octanol–water partition coefficient (Wildman–Crippen LogP) is 2.17. The summed E-state index contributed by atoms with van der Waals surface area (Å²) in [5.41, 5.74) is 0.869. The molecule has 1 unspecified atom stereocenters. The van der Waals surface area contributed by atoms with Crippen LogP contribution in [0.15, 0.2) is 18.2 Å². The fourth-order valence-corrected chi connectivity index (χ4v) is 4.64. The predicted molar refractivity (Wildman–Crippen MR) is 94.0 cm³/mol. The van der Waals surface area contributed by atoms with Gasteiger partial charge in [0.15, 0.2) is 5.13 Å². The lowest BCUT2D eigenvalue weighted by atomic mass is 10.1. The molecule has 126 valence electrons. The van der Waals surface area contributed by atoms with E-state index in [-0.39, 0.29) is 6.04 Å². The van der Waals surface area contributed by atoms with Crippen molar-refractivity contribution in [3.8, 4) is 5.75 Å². The van der Waals surface area contributed by atoms with Crippen molar-refractivity contribution in [2.75, 3.05) is 38.4 Å². The third kappa shape index (κ3) is 3.29. The van der Waals surface area contributed by atoms with Gasteiger partial charge in [-0.3, -0.25) is 0 Å². The van der Waals surface area contributed by atoms with Crippen LogP contribution in [0.5, 0.6) is 5.75 Å². The van der Waals surface area contributed by atoms with Gasteiger partial charge in [0, 0.05) is 26.2 Å². The quantitative estimate of drug-likeness (QED) is 0.841.